The zero-order chi connectivity index (χ0) is 17.2. The minimum Gasteiger partial charge on any atom is -0.473 e. The minimum absolute atomic E-state index is 0.487. The molecule has 0 bridgehead atoms. The number of fused-ring (bicyclic) bond motifs is 1. The maximum atomic E-state index is 6.15. The summed E-state index contributed by atoms with van der Waals surface area (Å²) in [6.45, 7) is 4.68. The lowest BCUT2D eigenvalue weighted by Crippen LogP contribution is -2.06. The Morgan fingerprint density at radius 2 is 1.44 bits per heavy atom. The largest absolute Gasteiger partial charge is 0.473 e. The number of aromatic nitrogens is 1. The first-order valence-corrected chi connectivity index (χ1v) is 8.55. The monoisotopic (exact) mass is 327 g/mol. The molecule has 1 aromatic heterocycles. The van der Waals surface area contributed by atoms with Crippen LogP contribution in [0.5, 0.6) is 5.75 Å². The lowest BCUT2D eigenvalue weighted by molar-refractivity contribution is 0.243. The summed E-state index contributed by atoms with van der Waals surface area (Å²) in [7, 11) is 0. The van der Waals surface area contributed by atoms with E-state index in [-0.39, 0.29) is 0 Å². The van der Waals surface area contributed by atoms with Crippen molar-refractivity contribution in [2.75, 3.05) is 0 Å². The van der Waals surface area contributed by atoms with Crippen molar-refractivity contribution in [3.63, 3.8) is 0 Å². The predicted octanol–water partition coefficient (Wildman–Crippen LogP) is 5.96. The summed E-state index contributed by atoms with van der Waals surface area (Å²) in [6, 6.07) is 27.5. The zero-order valence-electron chi connectivity index (χ0n) is 14.6. The number of hydrogen-bond acceptors (Lipinski definition) is 1. The number of hydrogen-bond donors (Lipinski definition) is 0. The molecule has 0 spiro atoms. The van der Waals surface area contributed by atoms with Crippen LogP contribution in [0.2, 0.25) is 0 Å². The van der Waals surface area contributed by atoms with Crippen LogP contribution in [0.25, 0.3) is 22.2 Å². The van der Waals surface area contributed by atoms with Gasteiger partial charge in [-0.25, -0.2) is 0 Å². The van der Waals surface area contributed by atoms with Crippen molar-refractivity contribution in [2.24, 2.45) is 0 Å². The maximum absolute atomic E-state index is 6.15. The molecule has 4 aromatic rings. The van der Waals surface area contributed by atoms with Crippen molar-refractivity contribution in [1.82, 2.24) is 4.57 Å². The number of ether oxygens (including phenoxy) is 1. The molecule has 0 aliphatic carbocycles. The van der Waals surface area contributed by atoms with Gasteiger partial charge in [-0.1, -0.05) is 54.6 Å². The van der Waals surface area contributed by atoms with Gasteiger partial charge in [-0.2, -0.15) is 0 Å². The van der Waals surface area contributed by atoms with E-state index in [1.54, 1.807) is 0 Å². The summed E-state index contributed by atoms with van der Waals surface area (Å²) in [5.41, 5.74) is 5.99. The van der Waals surface area contributed by atoms with E-state index in [0.29, 0.717) is 6.73 Å². The smallest absolute Gasteiger partial charge is 0.165 e. The van der Waals surface area contributed by atoms with Crippen LogP contribution in [-0.4, -0.2) is 4.57 Å². The molecule has 0 saturated carbocycles. The summed E-state index contributed by atoms with van der Waals surface area (Å²) in [5, 5.41) is 1.23. The molecular formula is C23H21NO. The van der Waals surface area contributed by atoms with E-state index in [1.807, 2.05) is 6.07 Å². The number of benzene rings is 3. The number of nitrogens with zero attached hydrogens (tertiary/aromatic N) is 1. The van der Waals surface area contributed by atoms with Gasteiger partial charge >= 0.3 is 0 Å². The van der Waals surface area contributed by atoms with E-state index >= 15 is 0 Å². The molecule has 1 heterocycles. The highest BCUT2D eigenvalue weighted by atomic mass is 16.5. The summed E-state index contributed by atoms with van der Waals surface area (Å²) >= 11 is 0. The summed E-state index contributed by atoms with van der Waals surface area (Å²) in [6.07, 6.45) is 0. The topological polar surface area (TPSA) is 14.2 Å². The van der Waals surface area contributed by atoms with Crippen LogP contribution in [0.15, 0.2) is 78.9 Å². The SMILES string of the molecule is Cc1cc(C)cc(OCn2c(-c3ccccc3)cc3ccccc32)c1. The standard InChI is InChI=1S/C23H21NO/c1-17-12-18(2)14-21(13-17)25-16-24-22-11-7-6-10-20(22)15-23(24)19-8-4-3-5-9-19/h3-15H,16H2,1-2H3. The first kappa shape index (κ1) is 15.5. The van der Waals surface area contributed by atoms with Crippen molar-refractivity contribution >= 4 is 10.9 Å². The maximum Gasteiger partial charge on any atom is 0.165 e. The normalized spacial score (nSPS) is 11.0. The highest BCUT2D eigenvalue weighted by Crippen LogP contribution is 2.28. The van der Waals surface area contributed by atoms with Crippen molar-refractivity contribution in [2.45, 2.75) is 20.6 Å². The van der Waals surface area contributed by atoms with Crippen LogP contribution in [-0.2, 0) is 6.73 Å². The Kier molecular flexibility index (Phi) is 4.02. The molecule has 0 atom stereocenters. The molecule has 0 amide bonds. The quantitative estimate of drug-likeness (QED) is 0.451. The third-order valence-corrected chi connectivity index (χ3v) is 4.44. The van der Waals surface area contributed by atoms with Gasteiger partial charge in [-0.15, -0.1) is 0 Å². The summed E-state index contributed by atoms with van der Waals surface area (Å²) in [4.78, 5) is 0. The Labute approximate surface area is 148 Å². The average molecular weight is 327 g/mol. The van der Waals surface area contributed by atoms with Crippen LogP contribution < -0.4 is 4.74 Å². The van der Waals surface area contributed by atoms with Crippen molar-refractivity contribution < 1.29 is 4.74 Å². The third kappa shape index (κ3) is 3.16. The number of aryl methyl sites for hydroxylation is 2. The van der Waals surface area contributed by atoms with Gasteiger partial charge in [0, 0.05) is 5.39 Å². The Balaban J connectivity index is 1.75. The first-order valence-electron chi connectivity index (χ1n) is 8.55. The Hall–Kier alpha value is -3.00. The fourth-order valence-electron chi connectivity index (χ4n) is 3.35. The average Bonchev–Trinajstić information content (AvgIpc) is 2.98. The number of para-hydroxylation sites is 1. The van der Waals surface area contributed by atoms with Gasteiger partial charge in [0.25, 0.3) is 0 Å². The molecule has 2 nitrogen and oxygen atoms in total. The van der Waals surface area contributed by atoms with Gasteiger partial charge in [0.15, 0.2) is 6.73 Å². The van der Waals surface area contributed by atoms with Gasteiger partial charge in [0.2, 0.25) is 0 Å². The van der Waals surface area contributed by atoms with E-state index in [0.717, 1.165) is 5.75 Å². The lowest BCUT2D eigenvalue weighted by atomic mass is 10.1. The van der Waals surface area contributed by atoms with Crippen molar-refractivity contribution in [1.29, 1.82) is 0 Å². The molecule has 2 heteroatoms. The molecule has 0 aliphatic heterocycles. The third-order valence-electron chi connectivity index (χ3n) is 4.44. The molecule has 3 aromatic carbocycles. The van der Waals surface area contributed by atoms with Gasteiger partial charge in [-0.3, -0.25) is 0 Å². The van der Waals surface area contributed by atoms with Crippen molar-refractivity contribution in [3.8, 4) is 17.0 Å². The van der Waals surface area contributed by atoms with Crippen molar-refractivity contribution in [3.05, 3.63) is 90.0 Å². The van der Waals surface area contributed by atoms with E-state index in [1.165, 1.54) is 33.3 Å². The van der Waals surface area contributed by atoms with Crippen LogP contribution >= 0.6 is 0 Å². The predicted molar refractivity (Wildman–Crippen MR) is 104 cm³/mol. The first-order chi connectivity index (χ1) is 12.2. The van der Waals surface area contributed by atoms with E-state index in [9.17, 15) is 0 Å². The Bertz CT molecular complexity index is 995. The van der Waals surface area contributed by atoms with E-state index < -0.39 is 0 Å². The minimum atomic E-state index is 0.487. The second-order valence-electron chi connectivity index (χ2n) is 6.48. The molecule has 124 valence electrons. The second kappa shape index (κ2) is 6.48. The molecule has 0 saturated heterocycles. The van der Waals surface area contributed by atoms with Crippen LogP contribution in [0.3, 0.4) is 0 Å². The molecule has 0 fully saturated rings. The summed E-state index contributed by atoms with van der Waals surface area (Å²) in [5.74, 6) is 0.911. The molecule has 25 heavy (non-hydrogen) atoms. The Morgan fingerprint density at radius 3 is 2.20 bits per heavy atom. The highest BCUT2D eigenvalue weighted by Gasteiger charge is 2.10. The van der Waals surface area contributed by atoms with Gasteiger partial charge in [0.05, 0.1) is 11.2 Å². The lowest BCUT2D eigenvalue weighted by Gasteiger charge is -2.13. The van der Waals surface area contributed by atoms with E-state index in [2.05, 4.69) is 91.2 Å². The Morgan fingerprint density at radius 1 is 0.760 bits per heavy atom. The summed E-state index contributed by atoms with van der Waals surface area (Å²) < 4.78 is 8.38. The van der Waals surface area contributed by atoms with Crippen LogP contribution in [0.4, 0.5) is 0 Å². The van der Waals surface area contributed by atoms with Gasteiger partial charge in [0.1, 0.15) is 5.75 Å². The molecule has 0 radical (unpaired) electrons. The highest BCUT2D eigenvalue weighted by molar-refractivity contribution is 5.87. The van der Waals surface area contributed by atoms with Gasteiger partial charge < -0.3 is 9.30 Å². The molecular weight excluding hydrogens is 306 g/mol. The van der Waals surface area contributed by atoms with E-state index in [4.69, 9.17) is 4.74 Å². The van der Waals surface area contributed by atoms with Crippen LogP contribution in [0.1, 0.15) is 11.1 Å². The van der Waals surface area contributed by atoms with Gasteiger partial charge in [-0.05, 0) is 54.8 Å². The molecule has 0 unspecified atom stereocenters. The zero-order valence-corrected chi connectivity index (χ0v) is 14.6. The molecule has 0 N–H and O–H groups in total. The fourth-order valence-corrected chi connectivity index (χ4v) is 3.35. The number of rotatable bonds is 4. The fraction of sp³-hybridized carbons (Fsp3) is 0.130. The second-order valence-corrected chi connectivity index (χ2v) is 6.48. The molecule has 4 rings (SSSR count). The van der Waals surface area contributed by atoms with Crippen LogP contribution in [0, 0.1) is 13.8 Å². The molecule has 0 aliphatic rings.